The molecule has 0 spiro atoms. The van der Waals surface area contributed by atoms with Gasteiger partial charge in [-0.1, -0.05) is 30.0 Å². The summed E-state index contributed by atoms with van der Waals surface area (Å²) in [6.07, 6.45) is 0.693. The van der Waals surface area contributed by atoms with Crippen molar-refractivity contribution in [2.24, 2.45) is 0 Å². The molecule has 0 aliphatic heterocycles. The molecule has 146 valence electrons. The van der Waals surface area contributed by atoms with Crippen LogP contribution in [0.4, 0.5) is 5.69 Å². The lowest BCUT2D eigenvalue weighted by Crippen LogP contribution is -2.25. The van der Waals surface area contributed by atoms with Crippen molar-refractivity contribution < 1.29 is 9.53 Å². The molecule has 0 fully saturated rings. The lowest BCUT2D eigenvalue weighted by molar-refractivity contribution is -0.113. The highest BCUT2D eigenvalue weighted by Gasteiger charge is 2.13. The van der Waals surface area contributed by atoms with Crippen molar-refractivity contribution in [1.82, 2.24) is 9.55 Å². The number of hydrogen-bond acceptors (Lipinski definition) is 5. The molecule has 0 saturated heterocycles. The summed E-state index contributed by atoms with van der Waals surface area (Å²) < 4.78 is 7.77. The average Bonchev–Trinajstić information content (AvgIpc) is 2.68. The van der Waals surface area contributed by atoms with E-state index < -0.39 is 0 Å². The maximum atomic E-state index is 12.9. The largest absolute Gasteiger partial charge is 0.385 e. The Bertz CT molecular complexity index is 1040. The van der Waals surface area contributed by atoms with Gasteiger partial charge in [-0.05, 0) is 59.3 Å². The Morgan fingerprint density at radius 2 is 2.07 bits per heavy atom. The molecule has 0 bridgehead atoms. The number of methoxy groups -OCH3 is 1. The highest BCUT2D eigenvalue weighted by atomic mass is 127. The van der Waals surface area contributed by atoms with Crippen LogP contribution in [0.3, 0.4) is 0 Å². The summed E-state index contributed by atoms with van der Waals surface area (Å²) in [6, 6.07) is 14.9. The maximum Gasteiger partial charge on any atom is 0.262 e. The minimum absolute atomic E-state index is 0.0952. The van der Waals surface area contributed by atoms with Crippen molar-refractivity contribution in [2.45, 2.75) is 18.1 Å². The summed E-state index contributed by atoms with van der Waals surface area (Å²) in [4.78, 5) is 29.8. The first-order valence-electron chi connectivity index (χ1n) is 8.75. The number of nitrogens with one attached hydrogen (secondary N) is 1. The van der Waals surface area contributed by atoms with Gasteiger partial charge in [-0.15, -0.1) is 0 Å². The van der Waals surface area contributed by atoms with Gasteiger partial charge in [0, 0.05) is 29.5 Å². The van der Waals surface area contributed by atoms with Gasteiger partial charge in [0.05, 0.1) is 16.7 Å². The summed E-state index contributed by atoms with van der Waals surface area (Å²) in [5, 5.41) is 3.99. The molecule has 28 heavy (non-hydrogen) atoms. The Morgan fingerprint density at radius 3 is 2.86 bits per heavy atom. The van der Waals surface area contributed by atoms with Crippen LogP contribution in [0, 0.1) is 3.57 Å². The van der Waals surface area contributed by atoms with Crippen LogP contribution >= 0.6 is 34.4 Å². The molecule has 8 heteroatoms. The smallest absolute Gasteiger partial charge is 0.262 e. The number of carbonyl (C=O) groups is 1. The molecule has 3 rings (SSSR count). The second-order valence-corrected chi connectivity index (χ2v) is 8.25. The van der Waals surface area contributed by atoms with Gasteiger partial charge in [0.15, 0.2) is 5.16 Å². The molecule has 2 aromatic carbocycles. The number of nitrogens with zero attached hydrogens (tertiary/aromatic N) is 2. The van der Waals surface area contributed by atoms with Crippen LogP contribution in [0.15, 0.2) is 58.5 Å². The fraction of sp³-hybridized carbons (Fsp3) is 0.250. The number of rotatable bonds is 8. The standard InChI is InChI=1S/C20H20IN3O3S/c1-27-11-5-10-24-19(26)16-8-2-3-9-17(16)23-20(24)28-13-18(25)22-15-7-4-6-14(21)12-15/h2-4,6-9,12H,5,10-11,13H2,1H3,(H,22,25). The van der Waals surface area contributed by atoms with Crippen LogP contribution < -0.4 is 10.9 Å². The summed E-state index contributed by atoms with van der Waals surface area (Å²) in [7, 11) is 1.63. The van der Waals surface area contributed by atoms with E-state index in [1.807, 2.05) is 42.5 Å². The summed E-state index contributed by atoms with van der Waals surface area (Å²) in [6.45, 7) is 1.04. The van der Waals surface area contributed by atoms with Gasteiger partial charge in [-0.3, -0.25) is 14.2 Å². The number of hydrogen-bond donors (Lipinski definition) is 1. The molecule has 1 heterocycles. The fourth-order valence-corrected chi connectivity index (χ4v) is 4.08. The Morgan fingerprint density at radius 1 is 1.25 bits per heavy atom. The number of anilines is 1. The molecule has 0 aliphatic carbocycles. The zero-order valence-corrected chi connectivity index (χ0v) is 18.3. The monoisotopic (exact) mass is 509 g/mol. The second-order valence-electron chi connectivity index (χ2n) is 6.06. The summed E-state index contributed by atoms with van der Waals surface area (Å²) >= 11 is 3.46. The Hall–Kier alpha value is -1.91. The van der Waals surface area contributed by atoms with Crippen molar-refractivity contribution in [2.75, 3.05) is 24.8 Å². The highest BCUT2D eigenvalue weighted by Crippen LogP contribution is 2.19. The van der Waals surface area contributed by atoms with E-state index in [2.05, 4.69) is 32.9 Å². The molecule has 0 saturated carbocycles. The zero-order valence-electron chi connectivity index (χ0n) is 15.4. The number of thioether (sulfide) groups is 1. The maximum absolute atomic E-state index is 12.9. The number of carbonyl (C=O) groups excluding carboxylic acids is 1. The third kappa shape index (κ3) is 5.33. The normalized spacial score (nSPS) is 10.9. The molecular formula is C20H20IN3O3S. The predicted molar refractivity (Wildman–Crippen MR) is 121 cm³/mol. The molecule has 0 unspecified atom stereocenters. The van der Waals surface area contributed by atoms with Gasteiger partial charge in [-0.2, -0.15) is 0 Å². The van der Waals surface area contributed by atoms with E-state index in [0.29, 0.717) is 35.6 Å². The van der Waals surface area contributed by atoms with Crippen LogP contribution in [0.2, 0.25) is 0 Å². The Balaban J connectivity index is 1.79. The van der Waals surface area contributed by atoms with E-state index in [-0.39, 0.29) is 17.2 Å². The first kappa shape index (κ1) is 20.8. The van der Waals surface area contributed by atoms with E-state index >= 15 is 0 Å². The van der Waals surface area contributed by atoms with Gasteiger partial charge in [0.2, 0.25) is 5.91 Å². The topological polar surface area (TPSA) is 73.2 Å². The number of fused-ring (bicyclic) bond motifs is 1. The van der Waals surface area contributed by atoms with Gasteiger partial charge >= 0.3 is 0 Å². The lowest BCUT2D eigenvalue weighted by Gasteiger charge is -2.13. The molecule has 0 radical (unpaired) electrons. The average molecular weight is 509 g/mol. The lowest BCUT2D eigenvalue weighted by atomic mass is 10.2. The first-order valence-corrected chi connectivity index (χ1v) is 10.8. The van der Waals surface area contributed by atoms with E-state index in [9.17, 15) is 9.59 Å². The van der Waals surface area contributed by atoms with Crippen molar-refractivity contribution >= 4 is 56.9 Å². The number of ether oxygens (including phenoxy) is 1. The number of para-hydroxylation sites is 1. The first-order chi connectivity index (χ1) is 13.6. The molecule has 0 aliphatic rings. The van der Waals surface area contributed by atoms with Crippen LogP contribution in [0.5, 0.6) is 0 Å². The minimum Gasteiger partial charge on any atom is -0.385 e. The van der Waals surface area contributed by atoms with E-state index in [4.69, 9.17) is 4.74 Å². The molecule has 3 aromatic rings. The van der Waals surface area contributed by atoms with Crippen LogP contribution in [-0.2, 0) is 16.1 Å². The van der Waals surface area contributed by atoms with Gasteiger partial charge in [-0.25, -0.2) is 4.98 Å². The zero-order chi connectivity index (χ0) is 19.9. The van der Waals surface area contributed by atoms with Gasteiger partial charge in [0.25, 0.3) is 5.56 Å². The molecular weight excluding hydrogens is 489 g/mol. The van der Waals surface area contributed by atoms with E-state index in [1.165, 1.54) is 11.8 Å². The number of halogens is 1. The van der Waals surface area contributed by atoms with Crippen molar-refractivity contribution in [3.8, 4) is 0 Å². The van der Waals surface area contributed by atoms with Gasteiger partial charge < -0.3 is 10.1 Å². The van der Waals surface area contributed by atoms with Crippen LogP contribution in [0.1, 0.15) is 6.42 Å². The van der Waals surface area contributed by atoms with Crippen LogP contribution in [-0.4, -0.2) is 34.9 Å². The Kier molecular flexibility index (Phi) is 7.46. The fourth-order valence-electron chi connectivity index (χ4n) is 2.72. The molecule has 1 amide bonds. The third-order valence-electron chi connectivity index (χ3n) is 4.00. The second kappa shape index (κ2) is 10.0. The third-order valence-corrected chi connectivity index (χ3v) is 5.64. The summed E-state index contributed by atoms with van der Waals surface area (Å²) in [5.74, 6) is 0.0263. The van der Waals surface area contributed by atoms with Crippen LogP contribution in [0.25, 0.3) is 10.9 Å². The number of aromatic nitrogens is 2. The number of benzene rings is 2. The Labute approximate surface area is 180 Å². The highest BCUT2D eigenvalue weighted by molar-refractivity contribution is 14.1. The predicted octanol–water partition coefficient (Wildman–Crippen LogP) is 3.77. The van der Waals surface area contributed by atoms with E-state index in [1.54, 1.807) is 17.7 Å². The van der Waals surface area contributed by atoms with Crippen molar-refractivity contribution in [3.05, 3.63) is 62.5 Å². The van der Waals surface area contributed by atoms with Crippen molar-refractivity contribution in [1.29, 1.82) is 0 Å². The SMILES string of the molecule is COCCCn1c(SCC(=O)Nc2cccc(I)c2)nc2ccccc2c1=O. The molecule has 1 aromatic heterocycles. The molecule has 0 atom stereocenters. The van der Waals surface area contributed by atoms with Crippen molar-refractivity contribution in [3.63, 3.8) is 0 Å². The van der Waals surface area contributed by atoms with Gasteiger partial charge in [0.1, 0.15) is 0 Å². The summed E-state index contributed by atoms with van der Waals surface area (Å²) in [5.41, 5.74) is 1.29. The molecule has 6 nitrogen and oxygen atoms in total. The molecule has 1 N–H and O–H groups in total. The van der Waals surface area contributed by atoms with E-state index in [0.717, 1.165) is 9.26 Å². The minimum atomic E-state index is -0.141. The number of amides is 1. The quantitative estimate of drug-likeness (QED) is 0.217.